The number of alkyl halides is 3. The van der Waals surface area contributed by atoms with Crippen LogP contribution in [0.3, 0.4) is 0 Å². The Labute approximate surface area is 163 Å². The predicted octanol–water partition coefficient (Wildman–Crippen LogP) is 3.73. The summed E-state index contributed by atoms with van der Waals surface area (Å²) < 4.78 is 64.4. The van der Waals surface area contributed by atoms with E-state index in [9.17, 15) is 36.8 Å². The highest BCUT2D eigenvalue weighted by Gasteiger charge is 2.36. The fraction of sp³-hybridized carbons (Fsp3) is 0.375. The lowest BCUT2D eigenvalue weighted by molar-refractivity contribution is -0.388. The maximum Gasteiger partial charge on any atom is 0.416 e. The number of hydrogen-bond donors (Lipinski definition) is 1. The van der Waals surface area contributed by atoms with Gasteiger partial charge in [-0.3, -0.25) is 10.1 Å². The molecule has 0 aliphatic rings. The summed E-state index contributed by atoms with van der Waals surface area (Å²) in [5.41, 5.74) is -2.47. The molecule has 2 rings (SSSR count). The molecule has 1 atom stereocenters. The third kappa shape index (κ3) is 4.87. The van der Waals surface area contributed by atoms with Crippen molar-refractivity contribution >= 4 is 27.0 Å². The highest BCUT2D eigenvalue weighted by atomic mass is 32.2. The van der Waals surface area contributed by atoms with Crippen molar-refractivity contribution in [3.8, 4) is 0 Å². The van der Waals surface area contributed by atoms with E-state index in [0.717, 1.165) is 16.2 Å². The lowest BCUT2D eigenvalue weighted by Gasteiger charge is -2.19. The van der Waals surface area contributed by atoms with Gasteiger partial charge in [0.15, 0.2) is 4.90 Å². The molecule has 0 saturated heterocycles. The minimum absolute atomic E-state index is 0.0180. The number of aryl methyl sites for hydroxylation is 1. The average Bonchev–Trinajstić information content (AvgIpc) is 3.04. The van der Waals surface area contributed by atoms with Crippen LogP contribution in [0.5, 0.6) is 0 Å². The SMILES string of the molecule is Cc1ccc(C(O)CCN(C)S(=O)(=O)c2ccc(C(F)(F)F)cc2[N+](=O)[O-])s1. The Bertz CT molecular complexity index is 973. The van der Waals surface area contributed by atoms with Crippen molar-refractivity contribution in [1.82, 2.24) is 4.31 Å². The zero-order valence-corrected chi connectivity index (χ0v) is 16.4. The molecular formula is C16H17F3N2O5S2. The molecule has 0 saturated carbocycles. The number of aliphatic hydroxyl groups is 1. The van der Waals surface area contributed by atoms with Crippen LogP contribution in [0.4, 0.5) is 18.9 Å². The second-order valence-electron chi connectivity index (χ2n) is 6.02. The van der Waals surface area contributed by atoms with Crippen molar-refractivity contribution in [2.75, 3.05) is 13.6 Å². The van der Waals surface area contributed by atoms with Gasteiger partial charge in [0.2, 0.25) is 10.0 Å². The third-order valence-electron chi connectivity index (χ3n) is 3.98. The molecule has 0 aliphatic heterocycles. The molecule has 0 radical (unpaired) electrons. The normalized spacial score (nSPS) is 13.7. The van der Waals surface area contributed by atoms with E-state index in [1.807, 2.05) is 6.92 Å². The zero-order valence-electron chi connectivity index (χ0n) is 14.8. The predicted molar refractivity (Wildman–Crippen MR) is 96.5 cm³/mol. The zero-order chi connectivity index (χ0) is 21.3. The van der Waals surface area contributed by atoms with Crippen molar-refractivity contribution < 1.29 is 31.6 Å². The van der Waals surface area contributed by atoms with Gasteiger partial charge >= 0.3 is 6.18 Å². The van der Waals surface area contributed by atoms with Crippen LogP contribution in [0.15, 0.2) is 35.2 Å². The third-order valence-corrected chi connectivity index (χ3v) is 6.98. The van der Waals surface area contributed by atoms with Crippen LogP contribution in [-0.2, 0) is 16.2 Å². The summed E-state index contributed by atoms with van der Waals surface area (Å²) in [4.78, 5) is 10.7. The van der Waals surface area contributed by atoms with E-state index in [-0.39, 0.29) is 19.0 Å². The first-order valence-electron chi connectivity index (χ1n) is 7.90. The van der Waals surface area contributed by atoms with Crippen LogP contribution >= 0.6 is 11.3 Å². The number of rotatable bonds is 7. The van der Waals surface area contributed by atoms with Gasteiger partial charge < -0.3 is 5.11 Å². The van der Waals surface area contributed by atoms with E-state index in [2.05, 4.69) is 0 Å². The molecule has 154 valence electrons. The van der Waals surface area contributed by atoms with Gasteiger partial charge in [-0.15, -0.1) is 11.3 Å². The fourth-order valence-electron chi connectivity index (χ4n) is 2.42. The van der Waals surface area contributed by atoms with Gasteiger partial charge in [0.25, 0.3) is 5.69 Å². The fourth-order valence-corrected chi connectivity index (χ4v) is 4.64. The number of halogens is 3. The molecule has 1 unspecified atom stereocenters. The van der Waals surface area contributed by atoms with Crippen LogP contribution in [0.2, 0.25) is 0 Å². The largest absolute Gasteiger partial charge is 0.416 e. The number of thiophene rings is 1. The maximum absolute atomic E-state index is 12.8. The van der Waals surface area contributed by atoms with E-state index in [1.54, 1.807) is 12.1 Å². The van der Waals surface area contributed by atoms with E-state index < -0.39 is 43.4 Å². The molecule has 12 heteroatoms. The van der Waals surface area contributed by atoms with Crippen molar-refractivity contribution in [2.45, 2.75) is 30.5 Å². The van der Waals surface area contributed by atoms with Crippen LogP contribution in [0.25, 0.3) is 0 Å². The quantitative estimate of drug-likeness (QED) is 0.524. The number of nitrogens with zero attached hydrogens (tertiary/aromatic N) is 2. The van der Waals surface area contributed by atoms with Gasteiger partial charge in [0.1, 0.15) is 0 Å². The average molecular weight is 438 g/mol. The molecule has 1 N–H and O–H groups in total. The molecule has 2 aromatic rings. The van der Waals surface area contributed by atoms with Crippen LogP contribution < -0.4 is 0 Å². The second kappa shape index (κ2) is 8.15. The number of nitro groups is 1. The molecule has 0 fully saturated rings. The summed E-state index contributed by atoms with van der Waals surface area (Å²) in [6.45, 7) is 1.67. The highest BCUT2D eigenvalue weighted by Crippen LogP contribution is 2.35. The molecule has 7 nitrogen and oxygen atoms in total. The standard InChI is InChI=1S/C16H17F3N2O5S2/c1-10-3-5-14(27-10)13(22)7-8-20(2)28(25,26)15-6-4-11(16(17,18)19)9-12(15)21(23)24/h3-6,9,13,22H,7-8H2,1-2H3. The molecule has 0 bridgehead atoms. The van der Waals surface area contributed by atoms with Gasteiger partial charge in [-0.05, 0) is 37.6 Å². The van der Waals surface area contributed by atoms with E-state index in [4.69, 9.17) is 0 Å². The minimum atomic E-state index is -4.85. The number of nitro benzene ring substituents is 1. The molecule has 28 heavy (non-hydrogen) atoms. The first-order valence-corrected chi connectivity index (χ1v) is 10.2. The first kappa shape index (κ1) is 22.3. The minimum Gasteiger partial charge on any atom is -0.388 e. The van der Waals surface area contributed by atoms with Crippen LogP contribution in [-0.4, -0.2) is 36.3 Å². The lowest BCUT2D eigenvalue weighted by Crippen LogP contribution is -2.29. The van der Waals surface area contributed by atoms with Gasteiger partial charge in [-0.25, -0.2) is 12.7 Å². The van der Waals surface area contributed by atoms with Crippen molar-refractivity contribution in [3.63, 3.8) is 0 Å². The Kier molecular flexibility index (Phi) is 6.48. The first-order chi connectivity index (χ1) is 12.8. The van der Waals surface area contributed by atoms with Crippen LogP contribution in [0, 0.1) is 17.0 Å². The molecule has 0 aliphatic carbocycles. The topological polar surface area (TPSA) is 101 Å². The summed E-state index contributed by atoms with van der Waals surface area (Å²) in [6.07, 6.45) is -5.76. The number of sulfonamides is 1. The van der Waals surface area contributed by atoms with Gasteiger partial charge in [-0.1, -0.05) is 0 Å². The summed E-state index contributed by atoms with van der Waals surface area (Å²) in [7, 11) is -3.29. The Morgan fingerprint density at radius 2 is 1.93 bits per heavy atom. The van der Waals surface area contributed by atoms with Gasteiger partial charge in [0.05, 0.1) is 16.6 Å². The van der Waals surface area contributed by atoms with Crippen molar-refractivity contribution in [2.24, 2.45) is 0 Å². The molecule has 1 heterocycles. The van der Waals surface area contributed by atoms with Gasteiger partial charge in [-0.2, -0.15) is 13.2 Å². The molecule has 1 aromatic carbocycles. The molecular weight excluding hydrogens is 421 g/mol. The second-order valence-corrected chi connectivity index (χ2v) is 9.35. The molecule has 0 spiro atoms. The Balaban J connectivity index is 2.26. The van der Waals surface area contributed by atoms with Crippen molar-refractivity contribution in [3.05, 3.63) is 55.8 Å². The van der Waals surface area contributed by atoms with E-state index in [0.29, 0.717) is 17.0 Å². The van der Waals surface area contributed by atoms with E-state index in [1.165, 1.54) is 11.3 Å². The van der Waals surface area contributed by atoms with Gasteiger partial charge in [0, 0.05) is 29.4 Å². The summed E-state index contributed by atoms with van der Waals surface area (Å²) in [5, 5.41) is 21.3. The maximum atomic E-state index is 12.8. The molecule has 0 amide bonds. The van der Waals surface area contributed by atoms with E-state index >= 15 is 0 Å². The number of hydrogen-bond acceptors (Lipinski definition) is 6. The Morgan fingerprint density at radius 1 is 1.29 bits per heavy atom. The smallest absolute Gasteiger partial charge is 0.388 e. The monoisotopic (exact) mass is 438 g/mol. The number of aliphatic hydroxyl groups excluding tert-OH is 1. The molecule has 1 aromatic heterocycles. The summed E-state index contributed by atoms with van der Waals surface area (Å²) >= 11 is 1.35. The highest BCUT2D eigenvalue weighted by molar-refractivity contribution is 7.89. The summed E-state index contributed by atoms with van der Waals surface area (Å²) in [5.74, 6) is 0. The Morgan fingerprint density at radius 3 is 2.43 bits per heavy atom. The lowest BCUT2D eigenvalue weighted by atomic mass is 10.2. The summed E-state index contributed by atoms with van der Waals surface area (Å²) in [6, 6.07) is 4.77. The number of benzene rings is 1. The van der Waals surface area contributed by atoms with Crippen molar-refractivity contribution in [1.29, 1.82) is 0 Å². The van der Waals surface area contributed by atoms with Crippen LogP contribution in [0.1, 0.15) is 27.8 Å². The Hall–Kier alpha value is -2.02.